The first-order valence-corrected chi connectivity index (χ1v) is 5.09. The average Bonchev–Trinajstić information content (AvgIpc) is 2.28. The molecular weight excluding hydrogens is 204 g/mol. The first-order chi connectivity index (χ1) is 7.39. The van der Waals surface area contributed by atoms with Crippen LogP contribution in [0.3, 0.4) is 0 Å². The van der Waals surface area contributed by atoms with Crippen LogP contribution in [0.25, 0.3) is 0 Å². The minimum Gasteiger partial charge on any atom is -0.468 e. The van der Waals surface area contributed by atoms with Crippen molar-refractivity contribution in [2.24, 2.45) is 5.41 Å². The van der Waals surface area contributed by atoms with Crippen molar-refractivity contribution in [1.29, 1.82) is 0 Å². The minimum absolute atomic E-state index is 0.223. The number of methoxy groups -OCH3 is 1. The SMILES string of the molecule is COC(=O)C(C)(C)C(=O)c1ccc(C)cc1. The van der Waals surface area contributed by atoms with Crippen molar-refractivity contribution < 1.29 is 14.3 Å². The number of carbonyl (C=O) groups excluding carboxylic acids is 2. The van der Waals surface area contributed by atoms with Gasteiger partial charge in [-0.3, -0.25) is 9.59 Å². The maximum Gasteiger partial charge on any atom is 0.319 e. The van der Waals surface area contributed by atoms with E-state index in [0.29, 0.717) is 5.56 Å². The largest absolute Gasteiger partial charge is 0.468 e. The molecule has 3 nitrogen and oxygen atoms in total. The number of Topliss-reactive ketones (excluding diaryl/α,β-unsaturated/α-hetero) is 1. The van der Waals surface area contributed by atoms with E-state index in [1.165, 1.54) is 7.11 Å². The van der Waals surface area contributed by atoms with E-state index in [9.17, 15) is 9.59 Å². The van der Waals surface area contributed by atoms with E-state index in [1.807, 2.05) is 19.1 Å². The lowest BCUT2D eigenvalue weighted by molar-refractivity contribution is -0.147. The van der Waals surface area contributed by atoms with E-state index in [4.69, 9.17) is 0 Å². The third kappa shape index (κ3) is 2.30. The number of esters is 1. The van der Waals surface area contributed by atoms with Crippen LogP contribution in [0, 0.1) is 12.3 Å². The van der Waals surface area contributed by atoms with E-state index in [0.717, 1.165) is 5.56 Å². The van der Waals surface area contributed by atoms with E-state index in [1.54, 1.807) is 26.0 Å². The van der Waals surface area contributed by atoms with Gasteiger partial charge in [0.15, 0.2) is 5.78 Å². The number of carbonyl (C=O) groups is 2. The predicted molar refractivity (Wildman–Crippen MR) is 61.3 cm³/mol. The lowest BCUT2D eigenvalue weighted by Crippen LogP contribution is -2.34. The Kier molecular flexibility index (Phi) is 3.48. The molecule has 86 valence electrons. The molecule has 0 radical (unpaired) electrons. The highest BCUT2D eigenvalue weighted by atomic mass is 16.5. The normalized spacial score (nSPS) is 11.0. The summed E-state index contributed by atoms with van der Waals surface area (Å²) in [7, 11) is 1.28. The van der Waals surface area contributed by atoms with Crippen LogP contribution < -0.4 is 0 Å². The first kappa shape index (κ1) is 12.4. The molecule has 0 spiro atoms. The van der Waals surface area contributed by atoms with Gasteiger partial charge in [0.05, 0.1) is 7.11 Å². The van der Waals surface area contributed by atoms with E-state index in [2.05, 4.69) is 4.74 Å². The maximum atomic E-state index is 12.1. The molecule has 0 bridgehead atoms. The van der Waals surface area contributed by atoms with Crippen LogP contribution in [0.5, 0.6) is 0 Å². The van der Waals surface area contributed by atoms with E-state index < -0.39 is 11.4 Å². The monoisotopic (exact) mass is 220 g/mol. The van der Waals surface area contributed by atoms with E-state index >= 15 is 0 Å². The van der Waals surface area contributed by atoms with Crippen LogP contribution in [-0.2, 0) is 9.53 Å². The fourth-order valence-corrected chi connectivity index (χ4v) is 1.41. The Balaban J connectivity index is 3.02. The molecule has 0 N–H and O–H groups in total. The summed E-state index contributed by atoms with van der Waals surface area (Å²) in [6.07, 6.45) is 0. The summed E-state index contributed by atoms with van der Waals surface area (Å²) in [4.78, 5) is 23.5. The Bertz CT molecular complexity index is 402. The molecule has 0 amide bonds. The van der Waals surface area contributed by atoms with Crippen LogP contribution in [0.1, 0.15) is 29.8 Å². The number of hydrogen-bond acceptors (Lipinski definition) is 3. The Labute approximate surface area is 95.4 Å². The quantitative estimate of drug-likeness (QED) is 0.446. The molecule has 0 heterocycles. The molecule has 1 aromatic rings. The highest BCUT2D eigenvalue weighted by Gasteiger charge is 2.37. The third-order valence-corrected chi connectivity index (χ3v) is 2.58. The first-order valence-electron chi connectivity index (χ1n) is 5.09. The van der Waals surface area contributed by atoms with Gasteiger partial charge in [-0.15, -0.1) is 0 Å². The summed E-state index contributed by atoms with van der Waals surface area (Å²) in [6.45, 7) is 5.09. The smallest absolute Gasteiger partial charge is 0.319 e. The van der Waals surface area contributed by atoms with Crippen LogP contribution in [0.2, 0.25) is 0 Å². The summed E-state index contributed by atoms with van der Waals surface area (Å²) < 4.78 is 4.62. The van der Waals surface area contributed by atoms with Crippen molar-refractivity contribution >= 4 is 11.8 Å². The van der Waals surface area contributed by atoms with Crippen LogP contribution in [0.4, 0.5) is 0 Å². The summed E-state index contributed by atoms with van der Waals surface area (Å²) >= 11 is 0. The second kappa shape index (κ2) is 4.47. The third-order valence-electron chi connectivity index (χ3n) is 2.58. The topological polar surface area (TPSA) is 43.4 Å². The van der Waals surface area contributed by atoms with Gasteiger partial charge in [0.2, 0.25) is 0 Å². The zero-order valence-electron chi connectivity index (χ0n) is 10.0. The fraction of sp³-hybridized carbons (Fsp3) is 0.385. The second-order valence-corrected chi connectivity index (χ2v) is 4.31. The summed E-state index contributed by atoms with van der Waals surface area (Å²) in [5.74, 6) is -0.738. The van der Waals surface area contributed by atoms with Gasteiger partial charge in [-0.05, 0) is 20.8 Å². The van der Waals surface area contributed by atoms with Gasteiger partial charge >= 0.3 is 5.97 Å². The maximum absolute atomic E-state index is 12.1. The van der Waals surface area contributed by atoms with Gasteiger partial charge in [-0.1, -0.05) is 29.8 Å². The summed E-state index contributed by atoms with van der Waals surface area (Å²) in [5.41, 5.74) is 0.470. The molecule has 0 aromatic heterocycles. The molecule has 1 rings (SSSR count). The fourth-order valence-electron chi connectivity index (χ4n) is 1.41. The molecule has 0 aliphatic rings. The van der Waals surface area contributed by atoms with Crippen molar-refractivity contribution in [1.82, 2.24) is 0 Å². The average molecular weight is 220 g/mol. The molecule has 0 fully saturated rings. The number of aryl methyl sites for hydroxylation is 1. The van der Waals surface area contributed by atoms with Crippen molar-refractivity contribution in [2.45, 2.75) is 20.8 Å². The van der Waals surface area contributed by atoms with Crippen molar-refractivity contribution in [3.63, 3.8) is 0 Å². The molecule has 0 aliphatic carbocycles. The Hall–Kier alpha value is -1.64. The highest BCUT2D eigenvalue weighted by Crippen LogP contribution is 2.23. The molecular formula is C13H16O3. The molecule has 16 heavy (non-hydrogen) atoms. The number of ether oxygens (including phenoxy) is 1. The lowest BCUT2D eigenvalue weighted by atomic mass is 9.84. The molecule has 0 saturated heterocycles. The number of rotatable bonds is 3. The number of benzene rings is 1. The molecule has 0 saturated carbocycles. The van der Waals surface area contributed by atoms with Gasteiger partial charge in [0, 0.05) is 5.56 Å². The van der Waals surface area contributed by atoms with Gasteiger partial charge in [0.25, 0.3) is 0 Å². The predicted octanol–water partition coefficient (Wildman–Crippen LogP) is 2.38. The molecule has 1 aromatic carbocycles. The standard InChI is InChI=1S/C13H16O3/c1-9-5-7-10(8-6-9)11(14)13(2,3)12(15)16-4/h5-8H,1-4H3. The molecule has 0 aliphatic heterocycles. The highest BCUT2D eigenvalue weighted by molar-refractivity contribution is 6.11. The molecule has 3 heteroatoms. The Morgan fingerprint density at radius 2 is 1.62 bits per heavy atom. The summed E-state index contributed by atoms with van der Waals surface area (Å²) in [5, 5.41) is 0. The lowest BCUT2D eigenvalue weighted by Gasteiger charge is -2.19. The Morgan fingerprint density at radius 1 is 1.12 bits per heavy atom. The molecule has 0 unspecified atom stereocenters. The van der Waals surface area contributed by atoms with Crippen LogP contribution >= 0.6 is 0 Å². The second-order valence-electron chi connectivity index (χ2n) is 4.31. The van der Waals surface area contributed by atoms with Crippen molar-refractivity contribution in [2.75, 3.05) is 7.11 Å². The van der Waals surface area contributed by atoms with Crippen LogP contribution in [0.15, 0.2) is 24.3 Å². The minimum atomic E-state index is -1.13. The summed E-state index contributed by atoms with van der Waals surface area (Å²) in [6, 6.07) is 7.14. The van der Waals surface area contributed by atoms with Gasteiger partial charge < -0.3 is 4.74 Å². The molecule has 0 atom stereocenters. The van der Waals surface area contributed by atoms with Gasteiger partial charge in [-0.2, -0.15) is 0 Å². The zero-order valence-corrected chi connectivity index (χ0v) is 10.0. The van der Waals surface area contributed by atoms with Crippen molar-refractivity contribution in [3.8, 4) is 0 Å². The van der Waals surface area contributed by atoms with E-state index in [-0.39, 0.29) is 5.78 Å². The number of hydrogen-bond donors (Lipinski definition) is 0. The Morgan fingerprint density at radius 3 is 2.06 bits per heavy atom. The number of ketones is 1. The zero-order chi connectivity index (χ0) is 12.3. The van der Waals surface area contributed by atoms with Crippen molar-refractivity contribution in [3.05, 3.63) is 35.4 Å². The van der Waals surface area contributed by atoms with Gasteiger partial charge in [0.1, 0.15) is 5.41 Å². The van der Waals surface area contributed by atoms with Crippen LogP contribution in [-0.4, -0.2) is 18.9 Å². The van der Waals surface area contributed by atoms with Gasteiger partial charge in [-0.25, -0.2) is 0 Å².